The SMILES string of the molecule is CCNc1ncc(C(=O)NCCN2CCCCC2)cc1Cl. The van der Waals surface area contributed by atoms with Crippen LogP contribution in [0.2, 0.25) is 5.02 Å². The van der Waals surface area contributed by atoms with Gasteiger partial charge in [-0.25, -0.2) is 4.98 Å². The second-order valence-corrected chi connectivity index (χ2v) is 5.65. The summed E-state index contributed by atoms with van der Waals surface area (Å²) in [6.45, 7) is 6.56. The van der Waals surface area contributed by atoms with E-state index in [2.05, 4.69) is 20.5 Å². The lowest BCUT2D eigenvalue weighted by Gasteiger charge is -2.26. The zero-order valence-corrected chi connectivity index (χ0v) is 13.2. The van der Waals surface area contributed by atoms with Crippen molar-refractivity contribution in [1.82, 2.24) is 15.2 Å². The number of nitrogens with one attached hydrogen (secondary N) is 2. The van der Waals surface area contributed by atoms with Crippen molar-refractivity contribution in [3.05, 3.63) is 22.8 Å². The van der Waals surface area contributed by atoms with Crippen molar-refractivity contribution in [2.45, 2.75) is 26.2 Å². The van der Waals surface area contributed by atoms with Crippen LogP contribution in [0.3, 0.4) is 0 Å². The van der Waals surface area contributed by atoms with Gasteiger partial charge in [0.2, 0.25) is 0 Å². The molecule has 5 nitrogen and oxygen atoms in total. The Labute approximate surface area is 131 Å². The Morgan fingerprint density at radius 2 is 2.14 bits per heavy atom. The molecule has 1 fully saturated rings. The molecule has 2 N–H and O–H groups in total. The minimum absolute atomic E-state index is 0.121. The number of carbonyl (C=O) groups is 1. The van der Waals surface area contributed by atoms with Gasteiger partial charge in [-0.3, -0.25) is 4.79 Å². The third-order valence-electron chi connectivity index (χ3n) is 3.61. The Morgan fingerprint density at radius 3 is 2.81 bits per heavy atom. The molecule has 2 heterocycles. The fourth-order valence-corrected chi connectivity index (χ4v) is 2.71. The summed E-state index contributed by atoms with van der Waals surface area (Å²) >= 11 is 6.09. The molecule has 1 aliphatic heterocycles. The van der Waals surface area contributed by atoms with Crippen LogP contribution in [0, 0.1) is 0 Å². The molecule has 1 amide bonds. The molecule has 21 heavy (non-hydrogen) atoms. The maximum Gasteiger partial charge on any atom is 0.252 e. The number of hydrogen-bond acceptors (Lipinski definition) is 4. The Balaban J connectivity index is 1.81. The molecule has 0 unspecified atom stereocenters. The maximum atomic E-state index is 12.1. The third kappa shape index (κ3) is 4.86. The highest BCUT2D eigenvalue weighted by Crippen LogP contribution is 2.19. The number of carbonyl (C=O) groups excluding carboxylic acids is 1. The average molecular weight is 311 g/mol. The number of nitrogens with zero attached hydrogens (tertiary/aromatic N) is 2. The monoisotopic (exact) mass is 310 g/mol. The molecule has 1 saturated heterocycles. The van der Waals surface area contributed by atoms with E-state index in [4.69, 9.17) is 11.6 Å². The molecular weight excluding hydrogens is 288 g/mol. The highest BCUT2D eigenvalue weighted by Gasteiger charge is 2.12. The Kier molecular flexibility index (Phi) is 6.26. The zero-order chi connectivity index (χ0) is 15.1. The second-order valence-electron chi connectivity index (χ2n) is 5.24. The summed E-state index contributed by atoms with van der Waals surface area (Å²) in [7, 11) is 0. The van der Waals surface area contributed by atoms with E-state index in [-0.39, 0.29) is 5.91 Å². The predicted octanol–water partition coefficient (Wildman–Crippen LogP) is 2.38. The van der Waals surface area contributed by atoms with Crippen molar-refractivity contribution in [1.29, 1.82) is 0 Å². The molecular formula is C15H23ClN4O. The first kappa shape index (κ1) is 16.0. The summed E-state index contributed by atoms with van der Waals surface area (Å²) in [6.07, 6.45) is 5.41. The van der Waals surface area contributed by atoms with Crippen molar-refractivity contribution < 1.29 is 4.79 Å². The zero-order valence-electron chi connectivity index (χ0n) is 12.5. The molecule has 1 aliphatic rings. The number of hydrogen-bond donors (Lipinski definition) is 2. The van der Waals surface area contributed by atoms with Gasteiger partial charge in [0.05, 0.1) is 10.6 Å². The fourth-order valence-electron chi connectivity index (χ4n) is 2.47. The van der Waals surface area contributed by atoms with E-state index in [1.807, 2.05) is 6.92 Å². The van der Waals surface area contributed by atoms with Gasteiger partial charge in [-0.1, -0.05) is 18.0 Å². The van der Waals surface area contributed by atoms with Crippen molar-refractivity contribution in [3.8, 4) is 0 Å². The summed E-state index contributed by atoms with van der Waals surface area (Å²) in [4.78, 5) is 18.6. The van der Waals surface area contributed by atoms with Gasteiger partial charge in [0.1, 0.15) is 5.82 Å². The summed E-state index contributed by atoms with van der Waals surface area (Å²) in [5, 5.41) is 6.44. The molecule has 0 radical (unpaired) electrons. The maximum absolute atomic E-state index is 12.1. The van der Waals surface area contributed by atoms with Gasteiger partial charge < -0.3 is 15.5 Å². The molecule has 1 aromatic rings. The third-order valence-corrected chi connectivity index (χ3v) is 3.90. The summed E-state index contributed by atoms with van der Waals surface area (Å²) < 4.78 is 0. The second kappa shape index (κ2) is 8.20. The first-order valence-electron chi connectivity index (χ1n) is 7.60. The summed E-state index contributed by atoms with van der Waals surface area (Å²) in [5.74, 6) is 0.494. The van der Waals surface area contributed by atoms with Gasteiger partial charge >= 0.3 is 0 Å². The lowest BCUT2D eigenvalue weighted by molar-refractivity contribution is 0.0946. The van der Waals surface area contributed by atoms with Gasteiger partial charge in [-0.2, -0.15) is 0 Å². The molecule has 0 aliphatic carbocycles. The number of pyridine rings is 1. The van der Waals surface area contributed by atoms with E-state index in [1.54, 1.807) is 12.3 Å². The lowest BCUT2D eigenvalue weighted by atomic mass is 10.1. The van der Waals surface area contributed by atoms with Gasteiger partial charge in [-0.05, 0) is 38.9 Å². The average Bonchev–Trinajstić information content (AvgIpc) is 2.50. The molecule has 1 aromatic heterocycles. The van der Waals surface area contributed by atoms with Crippen molar-refractivity contribution >= 4 is 23.3 Å². The molecule has 0 bridgehead atoms. The molecule has 0 aromatic carbocycles. The number of aromatic nitrogens is 1. The number of piperidine rings is 1. The number of halogens is 1. The smallest absolute Gasteiger partial charge is 0.252 e. The van der Waals surface area contributed by atoms with E-state index in [0.717, 1.165) is 26.2 Å². The van der Waals surface area contributed by atoms with Crippen LogP contribution in [0.1, 0.15) is 36.5 Å². The van der Waals surface area contributed by atoms with Crippen molar-refractivity contribution in [2.24, 2.45) is 0 Å². The Morgan fingerprint density at radius 1 is 1.38 bits per heavy atom. The van der Waals surface area contributed by atoms with Crippen LogP contribution in [-0.2, 0) is 0 Å². The van der Waals surface area contributed by atoms with Gasteiger partial charge in [0.15, 0.2) is 0 Å². The van der Waals surface area contributed by atoms with E-state index >= 15 is 0 Å². The first-order chi connectivity index (χ1) is 10.2. The standard InChI is InChI=1S/C15H23ClN4O/c1-2-17-14-13(16)10-12(11-19-14)15(21)18-6-9-20-7-4-3-5-8-20/h10-11H,2-9H2,1H3,(H,17,19)(H,18,21). The number of anilines is 1. The normalized spacial score (nSPS) is 15.7. The Bertz CT molecular complexity index is 475. The lowest BCUT2D eigenvalue weighted by Crippen LogP contribution is -2.37. The van der Waals surface area contributed by atoms with Crippen LogP contribution >= 0.6 is 11.6 Å². The van der Waals surface area contributed by atoms with E-state index in [0.29, 0.717) is 22.9 Å². The quantitative estimate of drug-likeness (QED) is 0.847. The van der Waals surface area contributed by atoms with Crippen LogP contribution in [0.25, 0.3) is 0 Å². The molecule has 2 rings (SSSR count). The largest absolute Gasteiger partial charge is 0.369 e. The van der Waals surface area contributed by atoms with Crippen molar-refractivity contribution in [2.75, 3.05) is 38.0 Å². The van der Waals surface area contributed by atoms with Gasteiger partial charge in [0, 0.05) is 25.8 Å². The van der Waals surface area contributed by atoms with E-state index in [1.165, 1.54) is 19.3 Å². The van der Waals surface area contributed by atoms with Crippen molar-refractivity contribution in [3.63, 3.8) is 0 Å². The van der Waals surface area contributed by atoms with Crippen LogP contribution in [0.15, 0.2) is 12.3 Å². The highest BCUT2D eigenvalue weighted by atomic mass is 35.5. The van der Waals surface area contributed by atoms with Crippen LogP contribution < -0.4 is 10.6 Å². The van der Waals surface area contributed by atoms with E-state index < -0.39 is 0 Å². The number of likely N-dealkylation sites (tertiary alicyclic amines) is 1. The Hall–Kier alpha value is -1.33. The van der Waals surface area contributed by atoms with Crippen LogP contribution in [0.5, 0.6) is 0 Å². The molecule has 116 valence electrons. The summed E-state index contributed by atoms with van der Waals surface area (Å²) in [5.41, 5.74) is 0.500. The van der Waals surface area contributed by atoms with Gasteiger partial charge in [-0.15, -0.1) is 0 Å². The van der Waals surface area contributed by atoms with Crippen LogP contribution in [-0.4, -0.2) is 48.5 Å². The molecule has 0 spiro atoms. The molecule has 0 saturated carbocycles. The summed E-state index contributed by atoms with van der Waals surface area (Å²) in [6, 6.07) is 1.66. The predicted molar refractivity (Wildman–Crippen MR) is 86.0 cm³/mol. The highest BCUT2D eigenvalue weighted by molar-refractivity contribution is 6.33. The minimum Gasteiger partial charge on any atom is -0.369 e. The van der Waals surface area contributed by atoms with E-state index in [9.17, 15) is 4.79 Å². The van der Waals surface area contributed by atoms with Crippen LogP contribution in [0.4, 0.5) is 5.82 Å². The minimum atomic E-state index is -0.121. The first-order valence-corrected chi connectivity index (χ1v) is 7.98. The number of amides is 1. The molecule has 0 atom stereocenters. The van der Waals surface area contributed by atoms with Gasteiger partial charge in [0.25, 0.3) is 5.91 Å². The fraction of sp³-hybridized carbons (Fsp3) is 0.600. The molecule has 6 heteroatoms. The topological polar surface area (TPSA) is 57.3 Å². The number of rotatable bonds is 6.